The van der Waals surface area contributed by atoms with Crippen molar-refractivity contribution in [2.45, 2.75) is 51.4 Å². The molecule has 2 aliphatic heterocycles. The van der Waals surface area contributed by atoms with Gasteiger partial charge in [-0.1, -0.05) is 0 Å². The molecule has 2 heterocycles. The monoisotopic (exact) mass is 184 g/mol. The summed E-state index contributed by atoms with van der Waals surface area (Å²) < 4.78 is 10.8. The fraction of sp³-hybridized carbons (Fsp3) is 0.900. The quantitative estimate of drug-likeness (QED) is 0.610. The smallest absolute Gasteiger partial charge is 0.311 e. The molecule has 0 N–H and O–H groups in total. The Morgan fingerprint density at radius 1 is 1.46 bits per heavy atom. The fourth-order valence-corrected chi connectivity index (χ4v) is 2.21. The van der Waals surface area contributed by atoms with Gasteiger partial charge in [-0.3, -0.25) is 4.79 Å². The first-order chi connectivity index (χ1) is 6.16. The summed E-state index contributed by atoms with van der Waals surface area (Å²) >= 11 is 0. The lowest BCUT2D eigenvalue weighted by molar-refractivity contribution is -0.154. The van der Waals surface area contributed by atoms with Crippen LogP contribution in [0.1, 0.15) is 33.1 Å². The van der Waals surface area contributed by atoms with Crippen LogP contribution in [-0.2, 0) is 14.3 Å². The van der Waals surface area contributed by atoms with Gasteiger partial charge in [-0.05, 0) is 33.1 Å². The largest absolute Gasteiger partial charge is 0.463 e. The van der Waals surface area contributed by atoms with Crippen molar-refractivity contribution in [3.63, 3.8) is 0 Å². The lowest BCUT2D eigenvalue weighted by Gasteiger charge is -2.18. The minimum absolute atomic E-state index is 0.00775. The van der Waals surface area contributed by atoms with Gasteiger partial charge in [0.15, 0.2) is 0 Å². The standard InChI is InChI=1S/C10H16O3/c1-6(2)12-10(11)8-5-7-3-4-9(8)13-7/h6-9H,3-5H2,1-2H3. The summed E-state index contributed by atoms with van der Waals surface area (Å²) in [5, 5.41) is 0. The molecule has 0 radical (unpaired) electrons. The fourth-order valence-electron chi connectivity index (χ4n) is 2.21. The van der Waals surface area contributed by atoms with E-state index in [1.807, 2.05) is 13.8 Å². The van der Waals surface area contributed by atoms with Crippen molar-refractivity contribution in [1.82, 2.24) is 0 Å². The summed E-state index contributed by atoms with van der Waals surface area (Å²) in [6.45, 7) is 3.76. The Kier molecular flexibility index (Phi) is 2.28. The van der Waals surface area contributed by atoms with Crippen LogP contribution in [0.15, 0.2) is 0 Å². The van der Waals surface area contributed by atoms with E-state index in [-0.39, 0.29) is 24.1 Å². The number of esters is 1. The number of carbonyl (C=O) groups excluding carboxylic acids is 1. The molecule has 74 valence electrons. The highest BCUT2D eigenvalue weighted by molar-refractivity contribution is 5.74. The molecule has 2 aliphatic rings. The van der Waals surface area contributed by atoms with Gasteiger partial charge in [0.05, 0.1) is 24.2 Å². The molecular weight excluding hydrogens is 168 g/mol. The molecule has 2 rings (SSSR count). The molecule has 3 atom stereocenters. The van der Waals surface area contributed by atoms with Crippen molar-refractivity contribution in [1.29, 1.82) is 0 Å². The maximum absolute atomic E-state index is 11.5. The molecule has 0 aromatic rings. The van der Waals surface area contributed by atoms with Crippen molar-refractivity contribution >= 4 is 5.97 Å². The summed E-state index contributed by atoms with van der Waals surface area (Å²) in [5.41, 5.74) is 0. The lowest BCUT2D eigenvalue weighted by atomic mass is 9.89. The average Bonchev–Trinajstić information content (AvgIpc) is 2.62. The number of hydrogen-bond donors (Lipinski definition) is 0. The molecule has 2 bridgehead atoms. The molecule has 2 saturated heterocycles. The minimum Gasteiger partial charge on any atom is -0.463 e. The van der Waals surface area contributed by atoms with E-state index < -0.39 is 0 Å². The van der Waals surface area contributed by atoms with Gasteiger partial charge in [0, 0.05) is 0 Å². The summed E-state index contributed by atoms with van der Waals surface area (Å²) in [7, 11) is 0. The van der Waals surface area contributed by atoms with Crippen LogP contribution in [0, 0.1) is 5.92 Å². The second-order valence-electron chi connectivity index (χ2n) is 4.20. The minimum atomic E-state index is -0.0674. The Bertz CT molecular complexity index is 212. The molecule has 0 aromatic carbocycles. The van der Waals surface area contributed by atoms with E-state index >= 15 is 0 Å². The van der Waals surface area contributed by atoms with Crippen LogP contribution < -0.4 is 0 Å². The summed E-state index contributed by atoms with van der Waals surface area (Å²) in [4.78, 5) is 11.5. The first kappa shape index (κ1) is 9.00. The molecule has 13 heavy (non-hydrogen) atoms. The maximum Gasteiger partial charge on any atom is 0.311 e. The van der Waals surface area contributed by atoms with Crippen LogP contribution in [0.5, 0.6) is 0 Å². The van der Waals surface area contributed by atoms with Crippen LogP contribution in [0.25, 0.3) is 0 Å². The maximum atomic E-state index is 11.5. The third kappa shape index (κ3) is 1.70. The van der Waals surface area contributed by atoms with Gasteiger partial charge in [-0.2, -0.15) is 0 Å². The Morgan fingerprint density at radius 3 is 2.69 bits per heavy atom. The van der Waals surface area contributed by atoms with Gasteiger partial charge in [0.25, 0.3) is 0 Å². The predicted molar refractivity (Wildman–Crippen MR) is 47.2 cm³/mol. The van der Waals surface area contributed by atoms with Crippen LogP contribution >= 0.6 is 0 Å². The molecule has 3 nitrogen and oxygen atoms in total. The molecular formula is C10H16O3. The molecule has 0 aliphatic carbocycles. The van der Waals surface area contributed by atoms with Crippen molar-refractivity contribution in [2.75, 3.05) is 0 Å². The second kappa shape index (κ2) is 3.29. The molecule has 2 fully saturated rings. The van der Waals surface area contributed by atoms with Crippen molar-refractivity contribution in [2.24, 2.45) is 5.92 Å². The van der Waals surface area contributed by atoms with Gasteiger partial charge in [-0.15, -0.1) is 0 Å². The van der Waals surface area contributed by atoms with Gasteiger partial charge < -0.3 is 9.47 Å². The van der Waals surface area contributed by atoms with Crippen LogP contribution in [0.4, 0.5) is 0 Å². The van der Waals surface area contributed by atoms with Crippen LogP contribution in [0.2, 0.25) is 0 Å². The van der Waals surface area contributed by atoms with Crippen LogP contribution in [0.3, 0.4) is 0 Å². The van der Waals surface area contributed by atoms with E-state index in [2.05, 4.69) is 0 Å². The normalized spacial score (nSPS) is 37.0. The van der Waals surface area contributed by atoms with E-state index in [1.165, 1.54) is 0 Å². The molecule has 0 spiro atoms. The summed E-state index contributed by atoms with van der Waals surface area (Å²) in [6, 6.07) is 0. The number of rotatable bonds is 2. The van der Waals surface area contributed by atoms with Gasteiger partial charge in [0.2, 0.25) is 0 Å². The molecule has 3 unspecified atom stereocenters. The van der Waals surface area contributed by atoms with E-state index in [0.717, 1.165) is 19.3 Å². The van der Waals surface area contributed by atoms with E-state index in [9.17, 15) is 4.79 Å². The Labute approximate surface area is 78.4 Å². The highest BCUT2D eigenvalue weighted by Gasteiger charge is 2.45. The second-order valence-corrected chi connectivity index (χ2v) is 4.20. The SMILES string of the molecule is CC(C)OC(=O)C1CC2CCC1O2. The first-order valence-electron chi connectivity index (χ1n) is 5.03. The van der Waals surface area contributed by atoms with Gasteiger partial charge in [-0.25, -0.2) is 0 Å². The number of ether oxygens (including phenoxy) is 2. The third-order valence-corrected chi connectivity index (χ3v) is 2.76. The van der Waals surface area contributed by atoms with Gasteiger partial charge >= 0.3 is 5.97 Å². The van der Waals surface area contributed by atoms with Gasteiger partial charge in [0.1, 0.15) is 0 Å². The highest BCUT2D eigenvalue weighted by Crippen LogP contribution is 2.39. The lowest BCUT2D eigenvalue weighted by Crippen LogP contribution is -2.28. The molecule has 0 amide bonds. The summed E-state index contributed by atoms with van der Waals surface area (Å²) in [6.07, 6.45) is 3.49. The van der Waals surface area contributed by atoms with Crippen molar-refractivity contribution in [3.05, 3.63) is 0 Å². The molecule has 0 aromatic heterocycles. The zero-order valence-corrected chi connectivity index (χ0v) is 8.16. The van der Waals surface area contributed by atoms with E-state index in [0.29, 0.717) is 6.10 Å². The van der Waals surface area contributed by atoms with E-state index in [1.54, 1.807) is 0 Å². The number of fused-ring (bicyclic) bond motifs is 2. The number of carbonyl (C=O) groups is 1. The van der Waals surface area contributed by atoms with Crippen molar-refractivity contribution in [3.8, 4) is 0 Å². The zero-order chi connectivity index (χ0) is 9.42. The summed E-state index contributed by atoms with van der Waals surface area (Å²) in [5.74, 6) is -0.0525. The first-order valence-corrected chi connectivity index (χ1v) is 5.03. The Balaban J connectivity index is 1.91. The topological polar surface area (TPSA) is 35.5 Å². The Morgan fingerprint density at radius 2 is 2.23 bits per heavy atom. The third-order valence-electron chi connectivity index (χ3n) is 2.76. The Hall–Kier alpha value is -0.570. The van der Waals surface area contributed by atoms with Crippen LogP contribution in [-0.4, -0.2) is 24.3 Å². The zero-order valence-electron chi connectivity index (χ0n) is 8.16. The highest BCUT2D eigenvalue weighted by atomic mass is 16.6. The van der Waals surface area contributed by atoms with E-state index in [4.69, 9.17) is 9.47 Å². The number of hydrogen-bond acceptors (Lipinski definition) is 3. The van der Waals surface area contributed by atoms with Crippen molar-refractivity contribution < 1.29 is 14.3 Å². The predicted octanol–water partition coefficient (Wildman–Crippen LogP) is 1.51. The average molecular weight is 184 g/mol. The molecule has 3 heteroatoms. The molecule has 0 saturated carbocycles.